The van der Waals surface area contributed by atoms with Crippen LogP contribution in [0.15, 0.2) is 41.0 Å². The average molecular weight is 300 g/mol. The number of hydrogen-bond donors (Lipinski definition) is 1. The molecule has 3 rings (SSSR count). The Morgan fingerprint density at radius 1 is 1.29 bits per heavy atom. The molecule has 1 N–H and O–H groups in total. The Bertz CT molecular complexity index is 751. The molecule has 0 spiro atoms. The summed E-state index contributed by atoms with van der Waals surface area (Å²) in [6, 6.07) is 9.54. The topological polar surface area (TPSA) is 80.9 Å². The molecule has 3 aromatic rings. The Labute approximate surface area is 124 Å². The number of amides is 1. The molecule has 106 valence electrons. The summed E-state index contributed by atoms with van der Waals surface area (Å²) in [5, 5.41) is 11.7. The predicted molar refractivity (Wildman–Crippen MR) is 78.9 cm³/mol. The van der Waals surface area contributed by atoms with Crippen LogP contribution in [-0.2, 0) is 11.2 Å². The van der Waals surface area contributed by atoms with Gasteiger partial charge < -0.3 is 9.73 Å². The van der Waals surface area contributed by atoms with Crippen LogP contribution in [0.1, 0.15) is 10.7 Å². The SMILES string of the molecule is Cc1nnc(NC(=O)Cc2coc(-c3ccccc3)n2)s1. The van der Waals surface area contributed by atoms with Crippen molar-refractivity contribution >= 4 is 22.4 Å². The number of aryl methyl sites for hydroxylation is 1. The Hall–Kier alpha value is -2.54. The number of rotatable bonds is 4. The molecular formula is C14H12N4O2S. The summed E-state index contributed by atoms with van der Waals surface area (Å²) in [6.45, 7) is 1.83. The molecule has 0 atom stereocenters. The zero-order valence-corrected chi connectivity index (χ0v) is 12.1. The van der Waals surface area contributed by atoms with Gasteiger partial charge in [0.05, 0.1) is 12.1 Å². The molecule has 0 radical (unpaired) electrons. The molecule has 2 aromatic heterocycles. The number of carbonyl (C=O) groups excluding carboxylic acids is 1. The van der Waals surface area contributed by atoms with Crippen LogP contribution in [0.4, 0.5) is 5.13 Å². The van der Waals surface area contributed by atoms with E-state index in [9.17, 15) is 4.79 Å². The number of oxazole rings is 1. The van der Waals surface area contributed by atoms with Crippen LogP contribution in [0.2, 0.25) is 0 Å². The molecule has 0 aliphatic heterocycles. The third-order valence-corrected chi connectivity index (χ3v) is 3.44. The first-order valence-electron chi connectivity index (χ1n) is 6.30. The van der Waals surface area contributed by atoms with E-state index in [2.05, 4.69) is 20.5 Å². The highest BCUT2D eigenvalue weighted by Gasteiger charge is 2.12. The quantitative estimate of drug-likeness (QED) is 0.801. The summed E-state index contributed by atoms with van der Waals surface area (Å²) >= 11 is 1.33. The minimum absolute atomic E-state index is 0.134. The molecule has 7 heteroatoms. The van der Waals surface area contributed by atoms with Crippen molar-refractivity contribution in [3.8, 4) is 11.5 Å². The van der Waals surface area contributed by atoms with E-state index in [1.54, 1.807) is 0 Å². The van der Waals surface area contributed by atoms with Gasteiger partial charge in [0.25, 0.3) is 0 Å². The fraction of sp³-hybridized carbons (Fsp3) is 0.143. The predicted octanol–water partition coefficient (Wildman–Crippen LogP) is 2.68. The van der Waals surface area contributed by atoms with Gasteiger partial charge in [0.2, 0.25) is 16.9 Å². The van der Waals surface area contributed by atoms with Crippen LogP contribution < -0.4 is 5.32 Å². The molecule has 21 heavy (non-hydrogen) atoms. The van der Waals surface area contributed by atoms with Crippen molar-refractivity contribution in [3.63, 3.8) is 0 Å². The number of benzene rings is 1. The summed E-state index contributed by atoms with van der Waals surface area (Å²) in [7, 11) is 0. The van der Waals surface area contributed by atoms with E-state index in [0.717, 1.165) is 10.6 Å². The van der Waals surface area contributed by atoms with Gasteiger partial charge in [0.15, 0.2) is 0 Å². The third kappa shape index (κ3) is 3.32. The largest absolute Gasteiger partial charge is 0.444 e. The van der Waals surface area contributed by atoms with Crippen molar-refractivity contribution in [1.29, 1.82) is 0 Å². The van der Waals surface area contributed by atoms with Crippen LogP contribution in [0.25, 0.3) is 11.5 Å². The zero-order chi connectivity index (χ0) is 14.7. The second-order valence-electron chi connectivity index (χ2n) is 4.36. The number of anilines is 1. The maximum atomic E-state index is 11.9. The molecule has 0 aliphatic rings. The van der Waals surface area contributed by atoms with Gasteiger partial charge in [0, 0.05) is 5.56 Å². The molecular weight excluding hydrogens is 288 g/mol. The van der Waals surface area contributed by atoms with Gasteiger partial charge in [-0.25, -0.2) is 4.98 Å². The van der Waals surface area contributed by atoms with E-state index in [0.29, 0.717) is 16.7 Å². The molecule has 0 bridgehead atoms. The molecule has 0 saturated carbocycles. The Kier molecular flexibility index (Phi) is 3.74. The van der Waals surface area contributed by atoms with Crippen molar-refractivity contribution in [2.24, 2.45) is 0 Å². The monoisotopic (exact) mass is 300 g/mol. The van der Waals surface area contributed by atoms with E-state index in [1.807, 2.05) is 37.3 Å². The minimum Gasteiger partial charge on any atom is -0.444 e. The first-order valence-corrected chi connectivity index (χ1v) is 7.12. The maximum absolute atomic E-state index is 11.9. The van der Waals surface area contributed by atoms with Crippen molar-refractivity contribution in [3.05, 3.63) is 47.3 Å². The summed E-state index contributed by atoms with van der Waals surface area (Å²) < 4.78 is 5.39. The molecule has 0 saturated heterocycles. The zero-order valence-electron chi connectivity index (χ0n) is 11.2. The highest BCUT2D eigenvalue weighted by atomic mass is 32.1. The standard InChI is InChI=1S/C14H12N4O2S/c1-9-17-18-14(21-9)16-12(19)7-11-8-20-13(15-11)10-5-3-2-4-6-10/h2-6,8H,7H2,1H3,(H,16,18,19). The molecule has 1 amide bonds. The van der Waals surface area contributed by atoms with Crippen LogP contribution in [0.3, 0.4) is 0 Å². The molecule has 6 nitrogen and oxygen atoms in total. The molecule has 1 aromatic carbocycles. The smallest absolute Gasteiger partial charge is 0.232 e. The lowest BCUT2D eigenvalue weighted by Gasteiger charge is -1.97. The minimum atomic E-state index is -0.195. The van der Waals surface area contributed by atoms with E-state index < -0.39 is 0 Å². The van der Waals surface area contributed by atoms with Gasteiger partial charge in [0.1, 0.15) is 11.3 Å². The lowest BCUT2D eigenvalue weighted by molar-refractivity contribution is -0.115. The fourth-order valence-corrected chi connectivity index (χ4v) is 2.38. The fourth-order valence-electron chi connectivity index (χ4n) is 1.78. The highest BCUT2D eigenvalue weighted by Crippen LogP contribution is 2.18. The van der Waals surface area contributed by atoms with Crippen molar-refractivity contribution in [2.45, 2.75) is 13.3 Å². The Balaban J connectivity index is 1.66. The van der Waals surface area contributed by atoms with Crippen molar-refractivity contribution in [2.75, 3.05) is 5.32 Å². The van der Waals surface area contributed by atoms with Crippen LogP contribution in [0, 0.1) is 6.92 Å². The third-order valence-electron chi connectivity index (χ3n) is 2.69. The number of nitrogens with zero attached hydrogens (tertiary/aromatic N) is 3. The van der Waals surface area contributed by atoms with Gasteiger partial charge in [-0.2, -0.15) is 0 Å². The van der Waals surface area contributed by atoms with E-state index >= 15 is 0 Å². The van der Waals surface area contributed by atoms with Crippen LogP contribution in [0.5, 0.6) is 0 Å². The van der Waals surface area contributed by atoms with Gasteiger partial charge >= 0.3 is 0 Å². The summed E-state index contributed by atoms with van der Waals surface area (Å²) in [5.41, 5.74) is 1.46. The second-order valence-corrected chi connectivity index (χ2v) is 5.54. The average Bonchev–Trinajstić information content (AvgIpc) is 3.09. The van der Waals surface area contributed by atoms with Gasteiger partial charge in [-0.15, -0.1) is 10.2 Å². The lowest BCUT2D eigenvalue weighted by atomic mass is 10.2. The van der Waals surface area contributed by atoms with Crippen molar-refractivity contribution in [1.82, 2.24) is 15.2 Å². The molecule has 2 heterocycles. The first kappa shape index (κ1) is 13.4. The van der Waals surface area contributed by atoms with Crippen LogP contribution in [-0.4, -0.2) is 21.1 Å². The summed E-state index contributed by atoms with van der Waals surface area (Å²) in [4.78, 5) is 16.2. The number of aromatic nitrogens is 3. The lowest BCUT2D eigenvalue weighted by Crippen LogP contribution is -2.14. The van der Waals surface area contributed by atoms with E-state index in [1.165, 1.54) is 17.6 Å². The number of carbonyl (C=O) groups is 1. The molecule has 0 unspecified atom stereocenters. The van der Waals surface area contributed by atoms with Gasteiger partial charge in [-0.3, -0.25) is 4.79 Å². The van der Waals surface area contributed by atoms with Gasteiger partial charge in [-0.1, -0.05) is 29.5 Å². The second kappa shape index (κ2) is 5.84. The van der Waals surface area contributed by atoms with E-state index in [-0.39, 0.29) is 12.3 Å². The summed E-state index contributed by atoms with van der Waals surface area (Å²) in [6.07, 6.45) is 1.63. The van der Waals surface area contributed by atoms with Gasteiger partial charge in [-0.05, 0) is 19.1 Å². The summed E-state index contributed by atoms with van der Waals surface area (Å²) in [5.74, 6) is 0.309. The molecule has 0 fully saturated rings. The molecule has 0 aliphatic carbocycles. The van der Waals surface area contributed by atoms with Crippen molar-refractivity contribution < 1.29 is 9.21 Å². The normalized spacial score (nSPS) is 10.5. The Morgan fingerprint density at radius 2 is 2.10 bits per heavy atom. The maximum Gasteiger partial charge on any atom is 0.232 e. The van der Waals surface area contributed by atoms with Crippen LogP contribution >= 0.6 is 11.3 Å². The number of hydrogen-bond acceptors (Lipinski definition) is 6. The highest BCUT2D eigenvalue weighted by molar-refractivity contribution is 7.15. The number of nitrogens with one attached hydrogen (secondary N) is 1. The Morgan fingerprint density at radius 3 is 2.81 bits per heavy atom. The van der Waals surface area contributed by atoms with E-state index in [4.69, 9.17) is 4.42 Å². The first-order chi connectivity index (χ1) is 10.2.